The van der Waals surface area contributed by atoms with Crippen LogP contribution in [0.15, 0.2) is 0 Å². The van der Waals surface area contributed by atoms with Gasteiger partial charge in [0.05, 0.1) is 11.9 Å². The summed E-state index contributed by atoms with van der Waals surface area (Å²) < 4.78 is 31.1. The fourth-order valence-electron chi connectivity index (χ4n) is 1.85. The zero-order valence-electron chi connectivity index (χ0n) is 9.69. The van der Waals surface area contributed by atoms with Crippen LogP contribution in [0.25, 0.3) is 0 Å². The highest BCUT2D eigenvalue weighted by molar-refractivity contribution is 9.09. The van der Waals surface area contributed by atoms with E-state index in [4.69, 9.17) is 4.74 Å². The Hall–Kier alpha value is 0.350. The highest BCUT2D eigenvalue weighted by Crippen LogP contribution is 2.16. The molecular formula is C10H20BrNO3S. The summed E-state index contributed by atoms with van der Waals surface area (Å²) >= 11 is 3.29. The lowest BCUT2D eigenvalue weighted by molar-refractivity contribution is 0.126. The van der Waals surface area contributed by atoms with E-state index in [0.29, 0.717) is 25.0 Å². The molecule has 96 valence electrons. The Morgan fingerprint density at radius 3 is 2.69 bits per heavy atom. The van der Waals surface area contributed by atoms with Gasteiger partial charge in [0.1, 0.15) is 0 Å². The highest BCUT2D eigenvalue weighted by Gasteiger charge is 2.27. The summed E-state index contributed by atoms with van der Waals surface area (Å²) in [7, 11) is -3.15. The van der Waals surface area contributed by atoms with Crippen LogP contribution in [0.1, 0.15) is 26.2 Å². The second-order valence-electron chi connectivity index (χ2n) is 4.00. The molecule has 0 aromatic rings. The summed E-state index contributed by atoms with van der Waals surface area (Å²) in [6.07, 6.45) is 2.59. The first-order valence-corrected chi connectivity index (χ1v) is 8.48. The lowest BCUT2D eigenvalue weighted by atomic mass is 10.3. The van der Waals surface area contributed by atoms with Gasteiger partial charge in [0.15, 0.2) is 0 Å². The van der Waals surface area contributed by atoms with Crippen LogP contribution in [0.3, 0.4) is 0 Å². The average Bonchev–Trinajstić information content (AvgIpc) is 2.69. The van der Waals surface area contributed by atoms with Crippen molar-refractivity contribution >= 4 is 26.0 Å². The molecule has 1 rings (SSSR count). The SMILES string of the molecule is CCCN(CCBr)S(=O)(=O)CC1CCCO1. The molecule has 1 atom stereocenters. The first kappa shape index (κ1) is 14.4. The van der Waals surface area contributed by atoms with E-state index >= 15 is 0 Å². The van der Waals surface area contributed by atoms with E-state index < -0.39 is 10.0 Å². The predicted molar refractivity (Wildman–Crippen MR) is 68.4 cm³/mol. The molecule has 6 heteroatoms. The van der Waals surface area contributed by atoms with Crippen molar-refractivity contribution in [3.05, 3.63) is 0 Å². The van der Waals surface area contributed by atoms with Crippen molar-refractivity contribution in [2.24, 2.45) is 0 Å². The van der Waals surface area contributed by atoms with Gasteiger partial charge < -0.3 is 4.74 Å². The molecule has 0 spiro atoms. The zero-order valence-corrected chi connectivity index (χ0v) is 12.1. The molecule has 0 aliphatic carbocycles. The molecule has 0 N–H and O–H groups in total. The Kier molecular flexibility index (Phi) is 6.25. The fourth-order valence-corrected chi connectivity index (χ4v) is 4.29. The monoisotopic (exact) mass is 313 g/mol. The largest absolute Gasteiger partial charge is 0.377 e. The molecule has 4 nitrogen and oxygen atoms in total. The number of hydrogen-bond donors (Lipinski definition) is 0. The van der Waals surface area contributed by atoms with E-state index in [0.717, 1.165) is 19.3 Å². The molecular weight excluding hydrogens is 294 g/mol. The molecule has 0 aromatic heterocycles. The number of hydrogen-bond acceptors (Lipinski definition) is 3. The molecule has 16 heavy (non-hydrogen) atoms. The van der Waals surface area contributed by atoms with Crippen molar-refractivity contribution in [3.63, 3.8) is 0 Å². The third-order valence-electron chi connectivity index (χ3n) is 2.62. The van der Waals surface area contributed by atoms with E-state index in [-0.39, 0.29) is 11.9 Å². The molecule has 0 saturated carbocycles. The van der Waals surface area contributed by atoms with E-state index in [1.165, 1.54) is 0 Å². The van der Waals surface area contributed by atoms with Gasteiger partial charge in [-0.2, -0.15) is 0 Å². The molecule has 1 aliphatic rings. The Bertz CT molecular complexity index is 282. The Morgan fingerprint density at radius 1 is 1.44 bits per heavy atom. The summed E-state index contributed by atoms with van der Waals surface area (Å²) in [5.41, 5.74) is 0. The number of ether oxygens (including phenoxy) is 1. The van der Waals surface area contributed by atoms with Gasteiger partial charge in [-0.1, -0.05) is 22.9 Å². The zero-order chi connectivity index (χ0) is 12.0. The molecule has 0 aromatic carbocycles. The van der Waals surface area contributed by atoms with E-state index in [2.05, 4.69) is 15.9 Å². The second kappa shape index (κ2) is 6.93. The molecule has 0 amide bonds. The first-order chi connectivity index (χ1) is 7.60. The van der Waals surface area contributed by atoms with Gasteiger partial charge in [0.25, 0.3) is 0 Å². The van der Waals surface area contributed by atoms with Crippen molar-refractivity contribution < 1.29 is 13.2 Å². The number of nitrogens with zero attached hydrogens (tertiary/aromatic N) is 1. The highest BCUT2D eigenvalue weighted by atomic mass is 79.9. The Balaban J connectivity index is 2.57. The molecule has 1 saturated heterocycles. The van der Waals surface area contributed by atoms with Gasteiger partial charge in [-0.25, -0.2) is 12.7 Å². The Labute approximate surface area is 107 Å². The summed E-state index contributed by atoms with van der Waals surface area (Å²) in [5, 5.41) is 0.678. The molecule has 0 bridgehead atoms. The summed E-state index contributed by atoms with van der Waals surface area (Å²) in [6, 6.07) is 0. The minimum Gasteiger partial charge on any atom is -0.377 e. The fraction of sp³-hybridized carbons (Fsp3) is 1.00. The normalized spacial score (nSPS) is 21.8. The number of alkyl halides is 1. The van der Waals surface area contributed by atoms with Crippen molar-refractivity contribution in [3.8, 4) is 0 Å². The van der Waals surface area contributed by atoms with Gasteiger partial charge in [-0.3, -0.25) is 0 Å². The molecule has 1 aliphatic heterocycles. The molecule has 1 fully saturated rings. The predicted octanol–water partition coefficient (Wildman–Crippen LogP) is 1.60. The van der Waals surface area contributed by atoms with Crippen LogP contribution in [0.4, 0.5) is 0 Å². The number of halogens is 1. The lowest BCUT2D eigenvalue weighted by Crippen LogP contribution is -2.38. The van der Waals surface area contributed by atoms with Crippen LogP contribution in [0.5, 0.6) is 0 Å². The van der Waals surface area contributed by atoms with E-state index in [1.54, 1.807) is 4.31 Å². The quantitative estimate of drug-likeness (QED) is 0.671. The molecule has 1 unspecified atom stereocenters. The molecule has 0 radical (unpaired) electrons. The lowest BCUT2D eigenvalue weighted by Gasteiger charge is -2.22. The summed E-state index contributed by atoms with van der Waals surface area (Å²) in [4.78, 5) is 0. The topological polar surface area (TPSA) is 46.6 Å². The minimum absolute atomic E-state index is 0.0975. The van der Waals surface area contributed by atoms with Gasteiger partial charge in [-0.15, -0.1) is 0 Å². The maximum atomic E-state index is 12.1. The standard InChI is InChI=1S/C10H20BrNO3S/c1-2-6-12(7-5-11)16(13,14)9-10-4-3-8-15-10/h10H,2-9H2,1H3. The van der Waals surface area contributed by atoms with Crippen molar-refractivity contribution in [2.75, 3.05) is 30.8 Å². The summed E-state index contributed by atoms with van der Waals surface area (Å²) in [5.74, 6) is 0.139. The van der Waals surface area contributed by atoms with Crippen molar-refractivity contribution in [2.45, 2.75) is 32.3 Å². The maximum absolute atomic E-state index is 12.1. The molecule has 1 heterocycles. The average molecular weight is 314 g/mol. The van der Waals surface area contributed by atoms with Crippen LogP contribution < -0.4 is 0 Å². The van der Waals surface area contributed by atoms with Crippen LogP contribution in [-0.4, -0.2) is 49.6 Å². The third-order valence-corrected chi connectivity index (χ3v) is 4.92. The van der Waals surface area contributed by atoms with Crippen molar-refractivity contribution in [1.82, 2.24) is 4.31 Å². The number of rotatable bonds is 7. The van der Waals surface area contributed by atoms with Gasteiger partial charge >= 0.3 is 0 Å². The smallest absolute Gasteiger partial charge is 0.216 e. The maximum Gasteiger partial charge on any atom is 0.216 e. The van der Waals surface area contributed by atoms with Crippen LogP contribution in [-0.2, 0) is 14.8 Å². The summed E-state index contributed by atoms with van der Waals surface area (Å²) in [6.45, 7) is 3.83. The van der Waals surface area contributed by atoms with Gasteiger partial charge in [0.2, 0.25) is 10.0 Å². The van der Waals surface area contributed by atoms with Crippen LogP contribution in [0.2, 0.25) is 0 Å². The van der Waals surface area contributed by atoms with Crippen LogP contribution >= 0.6 is 15.9 Å². The van der Waals surface area contributed by atoms with Gasteiger partial charge in [0, 0.05) is 25.0 Å². The second-order valence-corrected chi connectivity index (χ2v) is 6.81. The van der Waals surface area contributed by atoms with E-state index in [9.17, 15) is 8.42 Å². The Morgan fingerprint density at radius 2 is 2.19 bits per heavy atom. The first-order valence-electron chi connectivity index (χ1n) is 5.75. The van der Waals surface area contributed by atoms with E-state index in [1.807, 2.05) is 6.92 Å². The third kappa shape index (κ3) is 4.31. The van der Waals surface area contributed by atoms with Crippen LogP contribution in [0, 0.1) is 0 Å². The van der Waals surface area contributed by atoms with Crippen molar-refractivity contribution in [1.29, 1.82) is 0 Å². The minimum atomic E-state index is -3.15. The number of sulfonamides is 1. The van der Waals surface area contributed by atoms with Gasteiger partial charge in [-0.05, 0) is 19.3 Å².